The van der Waals surface area contributed by atoms with E-state index in [1.165, 1.54) is 0 Å². The third-order valence-corrected chi connectivity index (χ3v) is 2.38. The second-order valence-electron chi connectivity index (χ2n) is 3.67. The molecule has 0 amide bonds. The summed E-state index contributed by atoms with van der Waals surface area (Å²) in [5.41, 5.74) is 2.10. The number of benzene rings is 1. The number of rotatable bonds is 5. The van der Waals surface area contributed by atoms with Crippen LogP contribution in [0.2, 0.25) is 0 Å². The molecule has 0 unspecified atom stereocenters. The fourth-order valence-electron chi connectivity index (χ4n) is 1.48. The van der Waals surface area contributed by atoms with E-state index in [2.05, 4.69) is 15.3 Å². The summed E-state index contributed by atoms with van der Waals surface area (Å²) in [5, 5.41) is 11.7. The minimum absolute atomic E-state index is 0.176. The molecule has 0 spiro atoms. The average molecular weight is 229 g/mol. The van der Waals surface area contributed by atoms with Crippen LogP contribution in [0.4, 0.5) is 5.95 Å². The predicted molar refractivity (Wildman–Crippen MR) is 67.7 cm³/mol. The number of nitrogens with one attached hydrogen (secondary N) is 1. The Morgan fingerprint density at radius 2 is 1.71 bits per heavy atom. The predicted octanol–water partition coefficient (Wildman–Crippen LogP) is 1.94. The van der Waals surface area contributed by atoms with Gasteiger partial charge in [-0.25, -0.2) is 9.97 Å². The van der Waals surface area contributed by atoms with Crippen molar-refractivity contribution in [1.29, 1.82) is 0 Å². The lowest BCUT2D eigenvalue weighted by Crippen LogP contribution is -2.06. The van der Waals surface area contributed by atoms with Crippen LogP contribution in [-0.2, 0) is 0 Å². The van der Waals surface area contributed by atoms with Gasteiger partial charge in [-0.1, -0.05) is 30.3 Å². The van der Waals surface area contributed by atoms with Crippen LogP contribution in [0.3, 0.4) is 0 Å². The van der Waals surface area contributed by atoms with Gasteiger partial charge >= 0.3 is 0 Å². The van der Waals surface area contributed by atoms with Gasteiger partial charge < -0.3 is 10.4 Å². The Bertz CT molecular complexity index is 442. The molecule has 1 aromatic carbocycles. The third-order valence-electron chi connectivity index (χ3n) is 2.38. The quantitative estimate of drug-likeness (QED) is 0.769. The first-order chi connectivity index (χ1) is 8.40. The van der Waals surface area contributed by atoms with Crippen LogP contribution in [-0.4, -0.2) is 28.2 Å². The minimum Gasteiger partial charge on any atom is -0.396 e. The molecule has 0 atom stereocenters. The Hall–Kier alpha value is -1.94. The van der Waals surface area contributed by atoms with Gasteiger partial charge in [0.25, 0.3) is 0 Å². The number of hydrogen-bond donors (Lipinski definition) is 2. The van der Waals surface area contributed by atoms with Crippen LogP contribution in [0.5, 0.6) is 0 Å². The second kappa shape index (κ2) is 5.96. The molecular formula is C13H15N3O. The van der Waals surface area contributed by atoms with Gasteiger partial charge in [0, 0.05) is 31.1 Å². The van der Waals surface area contributed by atoms with Gasteiger partial charge in [0.1, 0.15) is 0 Å². The molecule has 0 bridgehead atoms. The van der Waals surface area contributed by atoms with Crippen LogP contribution in [0, 0.1) is 0 Å². The number of anilines is 1. The van der Waals surface area contributed by atoms with Crippen molar-refractivity contribution in [2.75, 3.05) is 18.5 Å². The van der Waals surface area contributed by atoms with Crippen molar-refractivity contribution in [3.8, 4) is 11.1 Å². The van der Waals surface area contributed by atoms with Crippen molar-refractivity contribution in [1.82, 2.24) is 9.97 Å². The average Bonchev–Trinajstić information content (AvgIpc) is 2.41. The molecule has 1 aromatic heterocycles. The van der Waals surface area contributed by atoms with Crippen LogP contribution >= 0.6 is 0 Å². The molecule has 0 saturated heterocycles. The smallest absolute Gasteiger partial charge is 0.222 e. The highest BCUT2D eigenvalue weighted by Gasteiger charge is 1.99. The Labute approximate surface area is 100 Å². The van der Waals surface area contributed by atoms with Crippen molar-refractivity contribution >= 4 is 5.95 Å². The summed E-state index contributed by atoms with van der Waals surface area (Å²) in [7, 11) is 0. The summed E-state index contributed by atoms with van der Waals surface area (Å²) < 4.78 is 0. The third kappa shape index (κ3) is 3.26. The lowest BCUT2D eigenvalue weighted by molar-refractivity contribution is 0.292. The van der Waals surface area contributed by atoms with E-state index in [-0.39, 0.29) is 6.61 Å². The maximum absolute atomic E-state index is 8.66. The summed E-state index contributed by atoms with van der Waals surface area (Å²) >= 11 is 0. The van der Waals surface area contributed by atoms with E-state index in [1.807, 2.05) is 30.3 Å². The number of aliphatic hydroxyl groups is 1. The van der Waals surface area contributed by atoms with Gasteiger partial charge in [0.15, 0.2) is 0 Å². The first-order valence-electron chi connectivity index (χ1n) is 5.62. The van der Waals surface area contributed by atoms with Crippen molar-refractivity contribution in [3.05, 3.63) is 42.7 Å². The second-order valence-corrected chi connectivity index (χ2v) is 3.67. The fourth-order valence-corrected chi connectivity index (χ4v) is 1.48. The lowest BCUT2D eigenvalue weighted by atomic mass is 10.1. The van der Waals surface area contributed by atoms with Gasteiger partial charge in [0.05, 0.1) is 0 Å². The minimum atomic E-state index is 0.176. The highest BCUT2D eigenvalue weighted by molar-refractivity contribution is 5.61. The summed E-state index contributed by atoms with van der Waals surface area (Å²) in [6.07, 6.45) is 4.29. The number of aliphatic hydroxyl groups excluding tert-OH is 1. The standard InChI is InChI=1S/C13H15N3O/c17-8-4-7-14-13-15-9-12(10-16-13)11-5-2-1-3-6-11/h1-3,5-6,9-10,17H,4,7-8H2,(H,14,15,16). The van der Waals surface area contributed by atoms with Gasteiger partial charge in [-0.15, -0.1) is 0 Å². The Morgan fingerprint density at radius 3 is 2.35 bits per heavy atom. The Kier molecular flexibility index (Phi) is 4.05. The summed E-state index contributed by atoms with van der Waals surface area (Å²) in [5.74, 6) is 0.595. The van der Waals surface area contributed by atoms with Crippen molar-refractivity contribution in [2.24, 2.45) is 0 Å². The van der Waals surface area contributed by atoms with E-state index in [0.717, 1.165) is 11.1 Å². The first kappa shape index (κ1) is 11.5. The molecule has 0 aliphatic rings. The number of hydrogen-bond acceptors (Lipinski definition) is 4. The Balaban J connectivity index is 2.03. The van der Waals surface area contributed by atoms with Gasteiger partial charge in [-0.3, -0.25) is 0 Å². The molecule has 4 nitrogen and oxygen atoms in total. The first-order valence-corrected chi connectivity index (χ1v) is 5.62. The molecule has 0 aliphatic heterocycles. The van der Waals surface area contributed by atoms with Crippen molar-refractivity contribution < 1.29 is 5.11 Å². The molecule has 2 N–H and O–H groups in total. The lowest BCUT2D eigenvalue weighted by Gasteiger charge is -2.04. The van der Waals surface area contributed by atoms with Crippen LogP contribution < -0.4 is 5.32 Å². The monoisotopic (exact) mass is 229 g/mol. The van der Waals surface area contributed by atoms with Gasteiger partial charge in [-0.2, -0.15) is 0 Å². The SMILES string of the molecule is OCCCNc1ncc(-c2ccccc2)cn1. The maximum Gasteiger partial charge on any atom is 0.222 e. The zero-order valence-corrected chi connectivity index (χ0v) is 9.50. The van der Waals surface area contributed by atoms with E-state index in [0.29, 0.717) is 18.9 Å². The molecule has 2 rings (SSSR count). The molecule has 4 heteroatoms. The van der Waals surface area contributed by atoms with Crippen LogP contribution in [0.1, 0.15) is 6.42 Å². The zero-order chi connectivity index (χ0) is 11.9. The topological polar surface area (TPSA) is 58.0 Å². The fraction of sp³-hybridized carbons (Fsp3) is 0.231. The normalized spacial score (nSPS) is 10.2. The highest BCUT2D eigenvalue weighted by atomic mass is 16.3. The molecular weight excluding hydrogens is 214 g/mol. The summed E-state index contributed by atoms with van der Waals surface area (Å²) in [6.45, 7) is 0.857. The molecule has 0 fully saturated rings. The largest absolute Gasteiger partial charge is 0.396 e. The van der Waals surface area contributed by atoms with E-state index in [9.17, 15) is 0 Å². The Morgan fingerprint density at radius 1 is 1.00 bits per heavy atom. The van der Waals surface area contributed by atoms with Crippen molar-refractivity contribution in [2.45, 2.75) is 6.42 Å². The molecule has 0 saturated carbocycles. The highest BCUT2D eigenvalue weighted by Crippen LogP contribution is 2.16. The van der Waals surface area contributed by atoms with E-state index in [4.69, 9.17) is 5.11 Å². The maximum atomic E-state index is 8.66. The number of aromatic nitrogens is 2. The van der Waals surface area contributed by atoms with E-state index in [1.54, 1.807) is 12.4 Å². The van der Waals surface area contributed by atoms with Gasteiger partial charge in [-0.05, 0) is 12.0 Å². The molecule has 17 heavy (non-hydrogen) atoms. The summed E-state index contributed by atoms with van der Waals surface area (Å²) in [4.78, 5) is 8.45. The molecule has 88 valence electrons. The van der Waals surface area contributed by atoms with Crippen LogP contribution in [0.25, 0.3) is 11.1 Å². The summed E-state index contributed by atoms with van der Waals surface area (Å²) in [6, 6.07) is 10.0. The molecule has 1 heterocycles. The van der Waals surface area contributed by atoms with Gasteiger partial charge in [0.2, 0.25) is 5.95 Å². The molecule has 2 aromatic rings. The van der Waals surface area contributed by atoms with Crippen LogP contribution in [0.15, 0.2) is 42.7 Å². The van der Waals surface area contributed by atoms with Crippen molar-refractivity contribution in [3.63, 3.8) is 0 Å². The number of nitrogens with zero attached hydrogens (tertiary/aromatic N) is 2. The van der Waals surface area contributed by atoms with E-state index < -0.39 is 0 Å². The zero-order valence-electron chi connectivity index (χ0n) is 9.50. The molecule has 0 aliphatic carbocycles. The molecule has 0 radical (unpaired) electrons. The van der Waals surface area contributed by atoms with E-state index >= 15 is 0 Å².